The highest BCUT2D eigenvalue weighted by molar-refractivity contribution is 5.85. The van der Waals surface area contributed by atoms with E-state index in [0.29, 0.717) is 6.04 Å². The van der Waals surface area contributed by atoms with Gasteiger partial charge in [-0.2, -0.15) is 0 Å². The zero-order valence-electron chi connectivity index (χ0n) is 9.55. The Labute approximate surface area is 98.7 Å². The van der Waals surface area contributed by atoms with Gasteiger partial charge in [0.2, 0.25) is 0 Å². The van der Waals surface area contributed by atoms with Gasteiger partial charge >= 0.3 is 0 Å². The minimum Gasteiger partial charge on any atom is -0.310 e. The maximum atomic E-state index is 3.62. The van der Waals surface area contributed by atoms with Crippen LogP contribution in [0.15, 0.2) is 18.2 Å². The van der Waals surface area contributed by atoms with Crippen molar-refractivity contribution < 1.29 is 0 Å². The van der Waals surface area contributed by atoms with Crippen LogP contribution in [0.3, 0.4) is 0 Å². The fraction of sp³-hybridized carbons (Fsp3) is 0.538. The molecule has 0 bridgehead atoms. The molecule has 1 saturated heterocycles. The summed E-state index contributed by atoms with van der Waals surface area (Å²) in [4.78, 5) is 0. The first-order valence-electron chi connectivity index (χ1n) is 5.58. The van der Waals surface area contributed by atoms with Gasteiger partial charge in [-0.1, -0.05) is 24.6 Å². The molecule has 84 valence electrons. The molecule has 1 aliphatic heterocycles. The second-order valence-corrected chi connectivity index (χ2v) is 4.31. The predicted molar refractivity (Wildman–Crippen MR) is 67.8 cm³/mol. The van der Waals surface area contributed by atoms with Gasteiger partial charge in [0.15, 0.2) is 0 Å². The first-order chi connectivity index (χ1) is 6.79. The highest BCUT2D eigenvalue weighted by Gasteiger charge is 2.17. The molecular weight excluding hydrogens is 206 g/mol. The molecule has 1 atom stereocenters. The predicted octanol–water partition coefficient (Wildman–Crippen LogP) is 3.54. The topological polar surface area (TPSA) is 12.0 Å². The SMILES string of the molecule is Cc1cccc(C)c1[C@@H]1CCCCN1.Cl. The highest BCUT2D eigenvalue weighted by Crippen LogP contribution is 2.27. The normalized spacial score (nSPS) is 20.8. The van der Waals surface area contributed by atoms with Crippen molar-refractivity contribution in [3.8, 4) is 0 Å². The molecule has 2 heteroatoms. The Morgan fingerprint density at radius 1 is 1.13 bits per heavy atom. The monoisotopic (exact) mass is 225 g/mol. The third kappa shape index (κ3) is 2.73. The van der Waals surface area contributed by atoms with Crippen LogP contribution >= 0.6 is 12.4 Å². The molecule has 0 unspecified atom stereocenters. The summed E-state index contributed by atoms with van der Waals surface area (Å²) in [5.41, 5.74) is 4.40. The van der Waals surface area contributed by atoms with Crippen LogP contribution < -0.4 is 5.32 Å². The number of rotatable bonds is 1. The van der Waals surface area contributed by atoms with Crippen molar-refractivity contribution in [1.82, 2.24) is 5.32 Å². The molecule has 0 saturated carbocycles. The molecule has 1 aromatic rings. The second kappa shape index (κ2) is 5.53. The molecule has 1 nitrogen and oxygen atoms in total. The Hall–Kier alpha value is -0.530. The van der Waals surface area contributed by atoms with Gasteiger partial charge in [-0.3, -0.25) is 0 Å². The lowest BCUT2D eigenvalue weighted by molar-refractivity contribution is 0.410. The van der Waals surface area contributed by atoms with Gasteiger partial charge < -0.3 is 5.32 Å². The van der Waals surface area contributed by atoms with Crippen LogP contribution in [0.25, 0.3) is 0 Å². The lowest BCUT2D eigenvalue weighted by Gasteiger charge is -2.26. The van der Waals surface area contributed by atoms with E-state index in [9.17, 15) is 0 Å². The molecule has 1 N–H and O–H groups in total. The van der Waals surface area contributed by atoms with Gasteiger partial charge in [-0.25, -0.2) is 0 Å². The van der Waals surface area contributed by atoms with Crippen molar-refractivity contribution >= 4 is 12.4 Å². The smallest absolute Gasteiger partial charge is 0.0325 e. The molecule has 15 heavy (non-hydrogen) atoms. The molecule has 0 aliphatic carbocycles. The molecular formula is C13H20ClN. The van der Waals surface area contributed by atoms with Crippen LogP contribution in [0, 0.1) is 13.8 Å². The van der Waals surface area contributed by atoms with E-state index in [0.717, 1.165) is 0 Å². The van der Waals surface area contributed by atoms with Crippen molar-refractivity contribution in [2.45, 2.75) is 39.2 Å². The summed E-state index contributed by atoms with van der Waals surface area (Å²) in [7, 11) is 0. The van der Waals surface area contributed by atoms with Crippen LogP contribution in [-0.2, 0) is 0 Å². The van der Waals surface area contributed by atoms with Crippen molar-refractivity contribution in [3.05, 3.63) is 34.9 Å². The molecule has 1 heterocycles. The maximum Gasteiger partial charge on any atom is 0.0325 e. The summed E-state index contributed by atoms with van der Waals surface area (Å²) >= 11 is 0. The van der Waals surface area contributed by atoms with Gasteiger partial charge in [0.1, 0.15) is 0 Å². The lowest BCUT2D eigenvalue weighted by atomic mass is 9.91. The van der Waals surface area contributed by atoms with Crippen LogP contribution in [0.5, 0.6) is 0 Å². The van der Waals surface area contributed by atoms with Crippen LogP contribution in [0.4, 0.5) is 0 Å². The molecule has 0 spiro atoms. The molecule has 1 aliphatic rings. The first-order valence-corrected chi connectivity index (χ1v) is 5.58. The number of hydrogen-bond acceptors (Lipinski definition) is 1. The standard InChI is InChI=1S/C13H19N.ClH/c1-10-6-5-7-11(2)13(10)12-8-3-4-9-14-12;/h5-7,12,14H,3-4,8-9H2,1-2H3;1H/t12-;/m0./s1. The van der Waals surface area contributed by atoms with E-state index in [4.69, 9.17) is 0 Å². The van der Waals surface area contributed by atoms with Crippen LogP contribution in [0.2, 0.25) is 0 Å². The summed E-state index contributed by atoms with van der Waals surface area (Å²) in [6.07, 6.45) is 4.00. The molecule has 1 fully saturated rings. The van der Waals surface area contributed by atoms with E-state index in [-0.39, 0.29) is 12.4 Å². The van der Waals surface area contributed by atoms with Gasteiger partial charge in [0.25, 0.3) is 0 Å². The first kappa shape index (κ1) is 12.5. The van der Waals surface area contributed by atoms with Gasteiger partial charge in [0, 0.05) is 6.04 Å². The number of benzene rings is 1. The van der Waals surface area contributed by atoms with Gasteiger partial charge in [-0.15, -0.1) is 12.4 Å². The third-order valence-corrected chi connectivity index (χ3v) is 3.20. The van der Waals surface area contributed by atoms with E-state index in [1.165, 1.54) is 42.5 Å². The lowest BCUT2D eigenvalue weighted by Crippen LogP contribution is -2.27. The Morgan fingerprint density at radius 2 is 1.80 bits per heavy atom. The Morgan fingerprint density at radius 3 is 2.33 bits per heavy atom. The molecule has 0 aromatic heterocycles. The largest absolute Gasteiger partial charge is 0.310 e. The van der Waals surface area contributed by atoms with Crippen molar-refractivity contribution in [2.24, 2.45) is 0 Å². The molecule has 1 aromatic carbocycles. The summed E-state index contributed by atoms with van der Waals surface area (Å²) in [6.45, 7) is 5.62. The average molecular weight is 226 g/mol. The summed E-state index contributed by atoms with van der Waals surface area (Å²) in [5.74, 6) is 0. The Balaban J connectivity index is 0.00000112. The summed E-state index contributed by atoms with van der Waals surface area (Å²) in [6, 6.07) is 7.19. The number of nitrogens with one attached hydrogen (secondary N) is 1. The maximum absolute atomic E-state index is 3.62. The average Bonchev–Trinajstić information content (AvgIpc) is 2.19. The van der Waals surface area contributed by atoms with Gasteiger partial charge in [0.05, 0.1) is 0 Å². The van der Waals surface area contributed by atoms with E-state index in [2.05, 4.69) is 37.4 Å². The Kier molecular flexibility index (Phi) is 4.62. The van der Waals surface area contributed by atoms with Crippen molar-refractivity contribution in [1.29, 1.82) is 0 Å². The zero-order valence-corrected chi connectivity index (χ0v) is 10.4. The summed E-state index contributed by atoms with van der Waals surface area (Å²) < 4.78 is 0. The van der Waals surface area contributed by atoms with E-state index in [1.54, 1.807) is 0 Å². The van der Waals surface area contributed by atoms with Crippen molar-refractivity contribution in [3.63, 3.8) is 0 Å². The number of aryl methyl sites for hydroxylation is 2. The fourth-order valence-corrected chi connectivity index (χ4v) is 2.48. The van der Waals surface area contributed by atoms with E-state index < -0.39 is 0 Å². The minimum atomic E-state index is 0. The molecule has 2 rings (SSSR count). The number of halogens is 1. The fourth-order valence-electron chi connectivity index (χ4n) is 2.48. The summed E-state index contributed by atoms with van der Waals surface area (Å²) in [5, 5.41) is 3.62. The quantitative estimate of drug-likeness (QED) is 0.771. The van der Waals surface area contributed by atoms with Crippen LogP contribution in [0.1, 0.15) is 42.0 Å². The zero-order chi connectivity index (χ0) is 9.97. The van der Waals surface area contributed by atoms with Crippen LogP contribution in [-0.4, -0.2) is 6.54 Å². The second-order valence-electron chi connectivity index (χ2n) is 4.31. The molecule has 0 radical (unpaired) electrons. The molecule has 0 amide bonds. The Bertz CT molecular complexity index is 296. The van der Waals surface area contributed by atoms with E-state index >= 15 is 0 Å². The van der Waals surface area contributed by atoms with Crippen molar-refractivity contribution in [2.75, 3.05) is 6.54 Å². The number of hydrogen-bond donors (Lipinski definition) is 1. The van der Waals surface area contributed by atoms with E-state index in [1.807, 2.05) is 0 Å². The third-order valence-electron chi connectivity index (χ3n) is 3.20. The van der Waals surface area contributed by atoms with Gasteiger partial charge in [-0.05, 0) is 49.9 Å². The number of piperidine rings is 1. The highest BCUT2D eigenvalue weighted by atomic mass is 35.5. The minimum absolute atomic E-state index is 0.